The van der Waals surface area contributed by atoms with Gasteiger partial charge in [0.05, 0.1) is 5.56 Å². The molecule has 2 rings (SSSR count). The first-order valence-corrected chi connectivity index (χ1v) is 7.21. The van der Waals surface area contributed by atoms with Gasteiger partial charge in [0.2, 0.25) is 0 Å². The van der Waals surface area contributed by atoms with Crippen molar-refractivity contribution in [1.82, 2.24) is 0 Å². The number of carbonyl (C=O) groups is 1. The zero-order valence-electron chi connectivity index (χ0n) is 12.0. The molecule has 2 nitrogen and oxygen atoms in total. The first-order valence-electron chi connectivity index (χ1n) is 7.21. The number of hydrogen-bond donors (Lipinski definition) is 1. The summed E-state index contributed by atoms with van der Waals surface area (Å²) < 4.78 is 39.2. The number of benzene rings is 1. The maximum atomic E-state index is 13.1. The summed E-state index contributed by atoms with van der Waals surface area (Å²) in [6.45, 7) is 2.19. The lowest BCUT2D eigenvalue weighted by atomic mass is 9.66. The average Bonchev–Trinajstić information content (AvgIpc) is 2.47. The van der Waals surface area contributed by atoms with Crippen LogP contribution in [0, 0.1) is 11.3 Å². The van der Waals surface area contributed by atoms with Crippen molar-refractivity contribution in [2.75, 3.05) is 6.54 Å². The summed E-state index contributed by atoms with van der Waals surface area (Å²) in [4.78, 5) is 12.7. The second kappa shape index (κ2) is 5.79. The number of halogens is 3. The average molecular weight is 299 g/mol. The van der Waals surface area contributed by atoms with Gasteiger partial charge < -0.3 is 5.73 Å². The van der Waals surface area contributed by atoms with Gasteiger partial charge in [0.25, 0.3) is 0 Å². The maximum absolute atomic E-state index is 13.1. The van der Waals surface area contributed by atoms with Crippen LogP contribution in [0.2, 0.25) is 0 Å². The van der Waals surface area contributed by atoms with Gasteiger partial charge in [-0.15, -0.1) is 0 Å². The van der Waals surface area contributed by atoms with E-state index >= 15 is 0 Å². The van der Waals surface area contributed by atoms with E-state index in [9.17, 15) is 18.0 Å². The summed E-state index contributed by atoms with van der Waals surface area (Å²) in [6, 6.07) is 5.00. The first-order chi connectivity index (χ1) is 9.80. The second-order valence-corrected chi connectivity index (χ2v) is 6.04. The molecule has 1 aliphatic carbocycles. The molecule has 0 saturated heterocycles. The molecule has 0 radical (unpaired) electrons. The highest BCUT2D eigenvalue weighted by atomic mass is 19.4. The van der Waals surface area contributed by atoms with E-state index in [4.69, 9.17) is 5.73 Å². The second-order valence-electron chi connectivity index (χ2n) is 6.04. The number of hydrogen-bond acceptors (Lipinski definition) is 2. The van der Waals surface area contributed by atoms with Crippen molar-refractivity contribution < 1.29 is 18.0 Å². The number of nitrogens with two attached hydrogens (primary N) is 1. The third-order valence-electron chi connectivity index (χ3n) is 4.58. The van der Waals surface area contributed by atoms with E-state index < -0.39 is 22.9 Å². The van der Waals surface area contributed by atoms with Crippen LogP contribution in [0.5, 0.6) is 0 Å². The van der Waals surface area contributed by atoms with Crippen molar-refractivity contribution >= 4 is 5.78 Å². The summed E-state index contributed by atoms with van der Waals surface area (Å²) in [5.74, 6) is 0.0418. The molecular formula is C16H20F3NO. The van der Waals surface area contributed by atoms with Crippen LogP contribution in [0.3, 0.4) is 0 Å². The predicted molar refractivity (Wildman–Crippen MR) is 74.9 cm³/mol. The summed E-state index contributed by atoms with van der Waals surface area (Å²) in [6.07, 6.45) is -1.73. The number of carbonyl (C=O) groups excluding carboxylic acids is 1. The Morgan fingerprint density at radius 2 is 1.86 bits per heavy atom. The Morgan fingerprint density at radius 3 is 2.38 bits per heavy atom. The van der Waals surface area contributed by atoms with E-state index in [2.05, 4.69) is 6.92 Å². The molecule has 0 unspecified atom stereocenters. The number of Topliss-reactive ketones (excluding diaryl/α,β-unsaturated/α-hetero) is 1. The van der Waals surface area contributed by atoms with E-state index in [1.165, 1.54) is 18.2 Å². The summed E-state index contributed by atoms with van der Waals surface area (Å²) in [5, 5.41) is 0. The van der Waals surface area contributed by atoms with Crippen LogP contribution >= 0.6 is 0 Å². The molecule has 0 aliphatic heterocycles. The van der Waals surface area contributed by atoms with Crippen molar-refractivity contribution in [3.63, 3.8) is 0 Å². The van der Waals surface area contributed by atoms with Crippen LogP contribution in [0.4, 0.5) is 13.2 Å². The number of rotatable bonds is 3. The monoisotopic (exact) mass is 299 g/mol. The maximum Gasteiger partial charge on any atom is 0.417 e. The molecule has 2 N–H and O–H groups in total. The minimum absolute atomic E-state index is 0.102. The molecule has 0 amide bonds. The van der Waals surface area contributed by atoms with Crippen molar-refractivity contribution in [3.05, 3.63) is 35.4 Å². The molecular weight excluding hydrogens is 279 g/mol. The lowest BCUT2D eigenvalue weighted by Gasteiger charge is -2.37. The highest BCUT2D eigenvalue weighted by Crippen LogP contribution is 2.42. The van der Waals surface area contributed by atoms with Gasteiger partial charge in [-0.25, -0.2) is 0 Å². The van der Waals surface area contributed by atoms with Crippen LogP contribution in [-0.4, -0.2) is 12.3 Å². The fourth-order valence-electron chi connectivity index (χ4n) is 3.05. The van der Waals surface area contributed by atoms with Crippen molar-refractivity contribution in [1.29, 1.82) is 0 Å². The SMILES string of the molecule is CC1CCC(CN)(C(=O)c2ccccc2C(F)(F)F)CC1. The van der Waals surface area contributed by atoms with Gasteiger partial charge in [-0.05, 0) is 37.7 Å². The number of ketones is 1. The molecule has 0 atom stereocenters. The number of alkyl halides is 3. The van der Waals surface area contributed by atoms with Crippen LogP contribution < -0.4 is 5.73 Å². The lowest BCUT2D eigenvalue weighted by Crippen LogP contribution is -2.42. The Hall–Kier alpha value is -1.36. The van der Waals surface area contributed by atoms with E-state index in [1.54, 1.807) is 0 Å². The van der Waals surface area contributed by atoms with E-state index in [0.29, 0.717) is 18.8 Å². The minimum atomic E-state index is -4.52. The zero-order chi connectivity index (χ0) is 15.7. The predicted octanol–water partition coefficient (Wildman–Crippen LogP) is 4.04. The molecule has 0 aromatic heterocycles. The fraction of sp³-hybridized carbons (Fsp3) is 0.562. The minimum Gasteiger partial charge on any atom is -0.329 e. The molecule has 5 heteroatoms. The van der Waals surface area contributed by atoms with Gasteiger partial charge >= 0.3 is 6.18 Å². The van der Waals surface area contributed by atoms with Gasteiger partial charge in [-0.3, -0.25) is 4.79 Å². The van der Waals surface area contributed by atoms with Crippen LogP contribution in [0.15, 0.2) is 24.3 Å². The zero-order valence-corrected chi connectivity index (χ0v) is 12.0. The molecule has 0 heterocycles. The van der Waals surface area contributed by atoms with Crippen LogP contribution in [0.1, 0.15) is 48.5 Å². The Morgan fingerprint density at radius 1 is 1.29 bits per heavy atom. The van der Waals surface area contributed by atoms with E-state index in [-0.39, 0.29) is 12.1 Å². The molecule has 21 heavy (non-hydrogen) atoms. The molecule has 0 bridgehead atoms. The van der Waals surface area contributed by atoms with Gasteiger partial charge in [0.15, 0.2) is 5.78 Å². The van der Waals surface area contributed by atoms with E-state index in [1.807, 2.05) is 0 Å². The topological polar surface area (TPSA) is 43.1 Å². The Bertz CT molecular complexity index is 516. The largest absolute Gasteiger partial charge is 0.417 e. The Labute approximate surface area is 122 Å². The Kier molecular flexibility index (Phi) is 4.42. The molecule has 1 aromatic rings. The molecule has 0 spiro atoms. The summed E-state index contributed by atoms with van der Waals surface area (Å²) in [7, 11) is 0. The van der Waals surface area contributed by atoms with Crippen molar-refractivity contribution in [2.45, 2.75) is 38.8 Å². The fourth-order valence-corrected chi connectivity index (χ4v) is 3.05. The highest BCUT2D eigenvalue weighted by molar-refractivity contribution is 6.02. The van der Waals surface area contributed by atoms with E-state index in [0.717, 1.165) is 18.9 Å². The molecule has 1 saturated carbocycles. The molecule has 116 valence electrons. The summed E-state index contributed by atoms with van der Waals surface area (Å²) >= 11 is 0. The molecule has 1 fully saturated rings. The Balaban J connectivity index is 2.40. The standard InChI is InChI=1S/C16H20F3NO/c1-11-6-8-15(10-20,9-7-11)14(21)12-4-2-3-5-13(12)16(17,18)19/h2-5,11H,6-10,20H2,1H3. The lowest BCUT2D eigenvalue weighted by molar-refractivity contribution is -0.138. The van der Waals surface area contributed by atoms with Gasteiger partial charge in [0, 0.05) is 17.5 Å². The van der Waals surface area contributed by atoms with Crippen molar-refractivity contribution in [3.8, 4) is 0 Å². The molecule has 1 aromatic carbocycles. The third-order valence-corrected chi connectivity index (χ3v) is 4.58. The van der Waals surface area contributed by atoms with Gasteiger partial charge in [0.1, 0.15) is 0 Å². The third kappa shape index (κ3) is 3.12. The first kappa shape index (κ1) is 16.0. The normalized spacial score (nSPS) is 26.6. The van der Waals surface area contributed by atoms with Crippen LogP contribution in [0.25, 0.3) is 0 Å². The van der Waals surface area contributed by atoms with Gasteiger partial charge in [-0.1, -0.05) is 25.1 Å². The smallest absolute Gasteiger partial charge is 0.329 e. The van der Waals surface area contributed by atoms with Crippen LogP contribution in [-0.2, 0) is 6.18 Å². The van der Waals surface area contributed by atoms with Crippen molar-refractivity contribution in [2.24, 2.45) is 17.1 Å². The summed E-state index contributed by atoms with van der Waals surface area (Å²) in [5.41, 5.74) is 3.83. The highest BCUT2D eigenvalue weighted by Gasteiger charge is 2.43. The quantitative estimate of drug-likeness (QED) is 0.856. The molecule has 1 aliphatic rings. The van der Waals surface area contributed by atoms with Gasteiger partial charge in [-0.2, -0.15) is 13.2 Å².